The molecule has 0 bridgehead atoms. The first kappa shape index (κ1) is 26.7. The standard InChI is InChI=1S/C28H39N3O4/c1-6-10-27(32)29-23-13-14-24-25(15-23)35-19-21(3)31(17-22-11-8-7-9-12-22)16-20(2)26(34-5)18-30(4)28(24)33/h7-9,11-15,20-21,26H,6,10,16-19H2,1-5H3,(H,29,32)/t20-,21-,26-/m1/s1. The van der Waals surface area contributed by atoms with Gasteiger partial charge in [0.25, 0.3) is 5.91 Å². The molecule has 1 N–H and O–H groups in total. The second-order valence-electron chi connectivity index (χ2n) is 9.52. The topological polar surface area (TPSA) is 71.1 Å². The number of amides is 2. The summed E-state index contributed by atoms with van der Waals surface area (Å²) < 4.78 is 12.1. The molecule has 2 aromatic carbocycles. The molecule has 0 radical (unpaired) electrons. The van der Waals surface area contributed by atoms with Crippen molar-refractivity contribution in [3.05, 3.63) is 59.7 Å². The quantitative estimate of drug-likeness (QED) is 0.661. The van der Waals surface area contributed by atoms with Crippen molar-refractivity contribution in [3.8, 4) is 5.75 Å². The molecule has 0 saturated carbocycles. The summed E-state index contributed by atoms with van der Waals surface area (Å²) in [6.07, 6.45) is 1.11. The number of nitrogens with zero attached hydrogens (tertiary/aromatic N) is 2. The van der Waals surface area contributed by atoms with Crippen molar-refractivity contribution in [2.75, 3.05) is 39.2 Å². The smallest absolute Gasteiger partial charge is 0.257 e. The molecule has 35 heavy (non-hydrogen) atoms. The maximum atomic E-state index is 13.3. The van der Waals surface area contributed by atoms with Crippen LogP contribution in [0.4, 0.5) is 5.69 Å². The fourth-order valence-corrected chi connectivity index (χ4v) is 4.41. The van der Waals surface area contributed by atoms with Gasteiger partial charge in [-0.25, -0.2) is 0 Å². The third kappa shape index (κ3) is 7.29. The van der Waals surface area contributed by atoms with Crippen LogP contribution in [0, 0.1) is 5.92 Å². The number of anilines is 1. The number of hydrogen-bond acceptors (Lipinski definition) is 5. The van der Waals surface area contributed by atoms with Gasteiger partial charge in [-0.1, -0.05) is 44.2 Å². The predicted octanol–water partition coefficient (Wildman–Crippen LogP) is 4.43. The van der Waals surface area contributed by atoms with E-state index in [1.54, 1.807) is 37.3 Å². The van der Waals surface area contributed by atoms with Crippen molar-refractivity contribution in [1.29, 1.82) is 0 Å². The summed E-state index contributed by atoms with van der Waals surface area (Å²) in [6.45, 7) is 8.76. The number of rotatable bonds is 6. The lowest BCUT2D eigenvalue weighted by Gasteiger charge is -2.36. The van der Waals surface area contributed by atoms with Crippen LogP contribution >= 0.6 is 0 Å². The van der Waals surface area contributed by atoms with Crippen molar-refractivity contribution in [2.24, 2.45) is 5.92 Å². The van der Waals surface area contributed by atoms with Crippen molar-refractivity contribution >= 4 is 17.5 Å². The third-order valence-electron chi connectivity index (χ3n) is 6.57. The van der Waals surface area contributed by atoms with Crippen LogP contribution in [0.3, 0.4) is 0 Å². The summed E-state index contributed by atoms with van der Waals surface area (Å²) in [7, 11) is 3.50. The molecule has 7 nitrogen and oxygen atoms in total. The molecule has 2 aromatic rings. The van der Waals surface area contributed by atoms with Crippen LogP contribution < -0.4 is 10.1 Å². The SMILES string of the molecule is CCCC(=O)Nc1ccc2c(c1)OC[C@@H](C)N(Cc1ccccc1)C[C@@H](C)[C@H](OC)CN(C)C2=O. The second kappa shape index (κ2) is 12.7. The minimum absolute atomic E-state index is 0.0524. The van der Waals surface area contributed by atoms with Gasteiger partial charge in [-0.15, -0.1) is 0 Å². The Morgan fingerprint density at radius 2 is 1.89 bits per heavy atom. The Balaban J connectivity index is 1.92. The van der Waals surface area contributed by atoms with Gasteiger partial charge in [-0.3, -0.25) is 14.5 Å². The maximum absolute atomic E-state index is 13.3. The van der Waals surface area contributed by atoms with Gasteiger partial charge in [0.1, 0.15) is 12.4 Å². The van der Waals surface area contributed by atoms with E-state index in [-0.39, 0.29) is 29.9 Å². The largest absolute Gasteiger partial charge is 0.491 e. The van der Waals surface area contributed by atoms with E-state index in [0.717, 1.165) is 19.5 Å². The number of fused-ring (bicyclic) bond motifs is 1. The van der Waals surface area contributed by atoms with Crippen LogP contribution in [0.5, 0.6) is 5.75 Å². The molecule has 3 atom stereocenters. The molecule has 7 heteroatoms. The Hall–Kier alpha value is -2.90. The highest BCUT2D eigenvalue weighted by Gasteiger charge is 2.28. The van der Waals surface area contributed by atoms with E-state index in [0.29, 0.717) is 36.6 Å². The highest BCUT2D eigenvalue weighted by atomic mass is 16.5. The molecule has 1 aliphatic heterocycles. The molecule has 1 heterocycles. The Morgan fingerprint density at radius 1 is 1.14 bits per heavy atom. The van der Waals surface area contributed by atoms with Gasteiger partial charge in [-0.05, 0) is 37.0 Å². The lowest BCUT2D eigenvalue weighted by atomic mass is 10.0. The van der Waals surface area contributed by atoms with Crippen molar-refractivity contribution in [3.63, 3.8) is 0 Å². The summed E-state index contributed by atoms with van der Waals surface area (Å²) in [5.41, 5.74) is 2.34. The van der Waals surface area contributed by atoms with E-state index >= 15 is 0 Å². The number of benzene rings is 2. The molecule has 190 valence electrons. The molecular weight excluding hydrogens is 442 g/mol. The van der Waals surface area contributed by atoms with Crippen molar-refractivity contribution < 1.29 is 19.1 Å². The van der Waals surface area contributed by atoms with E-state index in [9.17, 15) is 9.59 Å². The molecule has 3 rings (SSSR count). The summed E-state index contributed by atoms with van der Waals surface area (Å²) in [4.78, 5) is 29.6. The van der Waals surface area contributed by atoms with Gasteiger partial charge < -0.3 is 19.7 Å². The van der Waals surface area contributed by atoms with Gasteiger partial charge in [0.15, 0.2) is 0 Å². The van der Waals surface area contributed by atoms with E-state index < -0.39 is 0 Å². The zero-order valence-corrected chi connectivity index (χ0v) is 21.6. The number of nitrogens with one attached hydrogen (secondary N) is 1. The fraction of sp³-hybridized carbons (Fsp3) is 0.500. The van der Waals surface area contributed by atoms with Crippen LogP contribution in [0.25, 0.3) is 0 Å². The molecule has 0 spiro atoms. The minimum atomic E-state index is -0.130. The Kier molecular flexibility index (Phi) is 9.69. The summed E-state index contributed by atoms with van der Waals surface area (Å²) in [5.74, 6) is 0.500. The van der Waals surface area contributed by atoms with Crippen molar-refractivity contribution in [2.45, 2.75) is 52.3 Å². The fourth-order valence-electron chi connectivity index (χ4n) is 4.41. The number of hydrogen-bond donors (Lipinski definition) is 1. The Bertz CT molecular complexity index is 981. The monoisotopic (exact) mass is 481 g/mol. The first-order valence-corrected chi connectivity index (χ1v) is 12.4. The summed E-state index contributed by atoms with van der Waals surface area (Å²) >= 11 is 0. The first-order chi connectivity index (χ1) is 16.8. The normalized spacial score (nSPS) is 21.9. The Morgan fingerprint density at radius 3 is 2.57 bits per heavy atom. The number of ether oxygens (including phenoxy) is 2. The lowest BCUT2D eigenvalue weighted by molar-refractivity contribution is -0.116. The second-order valence-corrected chi connectivity index (χ2v) is 9.52. The van der Waals surface area contributed by atoms with Gasteiger partial charge >= 0.3 is 0 Å². The zero-order valence-electron chi connectivity index (χ0n) is 21.6. The van der Waals surface area contributed by atoms with E-state index in [1.807, 2.05) is 13.0 Å². The average Bonchev–Trinajstić information content (AvgIpc) is 2.85. The average molecular weight is 482 g/mol. The molecule has 1 aliphatic rings. The summed E-state index contributed by atoms with van der Waals surface area (Å²) in [5, 5.41) is 2.91. The van der Waals surface area contributed by atoms with E-state index in [4.69, 9.17) is 9.47 Å². The lowest BCUT2D eigenvalue weighted by Crippen LogP contribution is -2.46. The van der Waals surface area contributed by atoms with Crippen LogP contribution in [0.1, 0.15) is 49.5 Å². The number of likely N-dealkylation sites (N-methyl/N-ethyl adjacent to an activating group) is 1. The van der Waals surface area contributed by atoms with E-state index in [1.165, 1.54) is 5.56 Å². The molecule has 0 fully saturated rings. The van der Waals surface area contributed by atoms with Gasteiger partial charge in [0.05, 0.1) is 11.7 Å². The first-order valence-electron chi connectivity index (χ1n) is 12.4. The molecule has 0 unspecified atom stereocenters. The minimum Gasteiger partial charge on any atom is -0.491 e. The molecule has 0 saturated heterocycles. The third-order valence-corrected chi connectivity index (χ3v) is 6.57. The Labute approximate surface area is 209 Å². The van der Waals surface area contributed by atoms with Gasteiger partial charge in [0, 0.05) is 58.0 Å². The van der Waals surface area contributed by atoms with Gasteiger partial charge in [-0.2, -0.15) is 0 Å². The highest BCUT2D eigenvalue weighted by molar-refractivity contribution is 5.98. The zero-order chi connectivity index (χ0) is 25.4. The summed E-state index contributed by atoms with van der Waals surface area (Å²) in [6, 6.07) is 15.7. The van der Waals surface area contributed by atoms with Crippen LogP contribution in [-0.2, 0) is 16.1 Å². The van der Waals surface area contributed by atoms with E-state index in [2.05, 4.69) is 48.3 Å². The van der Waals surface area contributed by atoms with Crippen LogP contribution in [-0.4, -0.2) is 67.6 Å². The highest BCUT2D eigenvalue weighted by Crippen LogP contribution is 2.27. The molecule has 2 amide bonds. The molecular formula is C28H39N3O4. The molecule has 0 aromatic heterocycles. The maximum Gasteiger partial charge on any atom is 0.257 e. The number of methoxy groups -OCH3 is 1. The number of carbonyl (C=O) groups is 2. The van der Waals surface area contributed by atoms with Gasteiger partial charge in [0.2, 0.25) is 5.91 Å². The van der Waals surface area contributed by atoms with Crippen LogP contribution in [0.2, 0.25) is 0 Å². The predicted molar refractivity (Wildman–Crippen MR) is 139 cm³/mol. The number of carbonyl (C=O) groups excluding carboxylic acids is 2. The van der Waals surface area contributed by atoms with Crippen molar-refractivity contribution in [1.82, 2.24) is 9.80 Å². The molecule has 0 aliphatic carbocycles. The van der Waals surface area contributed by atoms with Crippen LogP contribution in [0.15, 0.2) is 48.5 Å².